The molecular weight excluding hydrogens is 514 g/mol. The maximum absolute atomic E-state index is 6.33. The fourth-order valence-electron chi connectivity index (χ4n) is 6.60. The largest absolute Gasteiger partial charge is 0.495 e. The van der Waals surface area contributed by atoms with Gasteiger partial charge in [0, 0.05) is 69.7 Å². The lowest BCUT2D eigenvalue weighted by molar-refractivity contribution is 0.0981. The first-order chi connectivity index (χ1) is 20.0. The summed E-state index contributed by atoms with van der Waals surface area (Å²) < 4.78 is 5.95. The van der Waals surface area contributed by atoms with Crippen molar-refractivity contribution in [1.82, 2.24) is 30.1 Å². The van der Waals surface area contributed by atoms with Gasteiger partial charge < -0.3 is 30.9 Å². The molecule has 1 unspecified atom stereocenters. The predicted octanol–water partition coefficient (Wildman–Crippen LogP) is 3.23. The van der Waals surface area contributed by atoms with E-state index in [2.05, 4.69) is 62.5 Å². The average molecular weight is 560 g/mol. The highest BCUT2D eigenvalue weighted by molar-refractivity contribution is 5.97. The van der Waals surface area contributed by atoms with Crippen LogP contribution in [0.4, 0.5) is 17.3 Å². The lowest BCUT2D eigenvalue weighted by Crippen LogP contribution is -2.52. The van der Waals surface area contributed by atoms with Gasteiger partial charge >= 0.3 is 0 Å². The molecule has 0 spiro atoms. The number of likely N-dealkylation sites (N-methyl/N-ethyl adjacent to an activating group) is 1. The summed E-state index contributed by atoms with van der Waals surface area (Å²) in [6, 6.07) is 7.47. The number of piperidine rings is 2. The zero-order chi connectivity index (χ0) is 28.3. The Morgan fingerprint density at radius 2 is 1.85 bits per heavy atom. The number of aryl methyl sites for hydroxylation is 1. The molecule has 3 aromatic rings. The van der Waals surface area contributed by atoms with E-state index in [-0.39, 0.29) is 0 Å². The van der Waals surface area contributed by atoms with Gasteiger partial charge in [-0.25, -0.2) is 15.0 Å². The molecule has 2 aromatic heterocycles. The molecule has 3 aliphatic heterocycles. The molecule has 5 heterocycles. The second-order valence-corrected chi connectivity index (χ2v) is 11.8. The Hall–Kier alpha value is -3.21. The number of benzene rings is 1. The van der Waals surface area contributed by atoms with Crippen molar-refractivity contribution in [3.8, 4) is 16.9 Å². The van der Waals surface area contributed by atoms with Crippen LogP contribution in [0.15, 0.2) is 24.4 Å². The summed E-state index contributed by atoms with van der Waals surface area (Å²) in [4.78, 5) is 22.2. The molecule has 0 bridgehead atoms. The highest BCUT2D eigenvalue weighted by Gasteiger charge is 2.28. The molecule has 220 valence electrons. The molecule has 3 saturated heterocycles. The Balaban J connectivity index is 1.26. The third-order valence-corrected chi connectivity index (χ3v) is 9.12. The van der Waals surface area contributed by atoms with E-state index in [4.69, 9.17) is 20.4 Å². The molecule has 3 aliphatic rings. The summed E-state index contributed by atoms with van der Waals surface area (Å²) in [5.41, 5.74) is 11.7. The molecule has 3 fully saturated rings. The minimum Gasteiger partial charge on any atom is -0.495 e. The Labute approximate surface area is 243 Å². The molecule has 10 nitrogen and oxygen atoms in total. The zero-order valence-corrected chi connectivity index (χ0v) is 24.8. The maximum atomic E-state index is 6.33. The molecule has 1 aromatic carbocycles. The number of anilines is 3. The Kier molecular flexibility index (Phi) is 8.41. The van der Waals surface area contributed by atoms with Gasteiger partial charge in [0.15, 0.2) is 5.82 Å². The van der Waals surface area contributed by atoms with E-state index in [1.807, 2.05) is 6.20 Å². The predicted molar refractivity (Wildman–Crippen MR) is 167 cm³/mol. The molecule has 0 radical (unpaired) electrons. The van der Waals surface area contributed by atoms with Gasteiger partial charge in [-0.2, -0.15) is 0 Å². The van der Waals surface area contributed by atoms with Crippen LogP contribution in [0.5, 0.6) is 5.75 Å². The number of nitrogens with one attached hydrogen (secondary N) is 2. The van der Waals surface area contributed by atoms with Crippen LogP contribution in [0.1, 0.15) is 38.3 Å². The smallest absolute Gasteiger partial charge is 0.151 e. The molecule has 4 N–H and O–H groups in total. The number of hydrogen-bond donors (Lipinski definition) is 3. The average Bonchev–Trinajstić information content (AvgIpc) is 3.02. The van der Waals surface area contributed by atoms with Crippen LogP contribution in [-0.4, -0.2) is 103 Å². The van der Waals surface area contributed by atoms with Gasteiger partial charge in [-0.15, -0.1) is 0 Å². The molecule has 41 heavy (non-hydrogen) atoms. The van der Waals surface area contributed by atoms with Crippen molar-refractivity contribution >= 4 is 28.4 Å². The van der Waals surface area contributed by atoms with Crippen LogP contribution in [0.2, 0.25) is 0 Å². The molecule has 0 aliphatic carbocycles. The highest BCUT2D eigenvalue weighted by atomic mass is 16.5. The first-order valence-electron chi connectivity index (χ1n) is 15.3. The number of ether oxygens (including phenoxy) is 1. The van der Waals surface area contributed by atoms with E-state index in [1.54, 1.807) is 7.11 Å². The number of methoxy groups -OCH3 is 1. The molecule has 0 saturated carbocycles. The quantitative estimate of drug-likeness (QED) is 0.399. The summed E-state index contributed by atoms with van der Waals surface area (Å²) in [7, 11) is 3.98. The summed E-state index contributed by atoms with van der Waals surface area (Å²) in [5, 5.41) is 7.14. The van der Waals surface area contributed by atoms with E-state index in [0.717, 1.165) is 85.0 Å². The van der Waals surface area contributed by atoms with Crippen LogP contribution in [0.3, 0.4) is 0 Å². The minimum atomic E-state index is 0.336. The third-order valence-electron chi connectivity index (χ3n) is 9.12. The number of piperazine rings is 1. The summed E-state index contributed by atoms with van der Waals surface area (Å²) >= 11 is 0. The second kappa shape index (κ2) is 12.3. The lowest BCUT2D eigenvalue weighted by Gasteiger charge is -2.42. The van der Waals surface area contributed by atoms with Crippen molar-refractivity contribution in [3.05, 3.63) is 30.1 Å². The van der Waals surface area contributed by atoms with Gasteiger partial charge in [0.1, 0.15) is 22.6 Å². The Morgan fingerprint density at radius 3 is 2.56 bits per heavy atom. The molecule has 0 amide bonds. The van der Waals surface area contributed by atoms with E-state index in [9.17, 15) is 0 Å². The number of nitrogen functional groups attached to an aromatic ring is 1. The number of rotatable bonds is 7. The van der Waals surface area contributed by atoms with Gasteiger partial charge in [-0.05, 0) is 63.4 Å². The summed E-state index contributed by atoms with van der Waals surface area (Å²) in [5.74, 6) is 2.12. The Bertz CT molecular complexity index is 1340. The van der Waals surface area contributed by atoms with Gasteiger partial charge in [0.2, 0.25) is 0 Å². The molecule has 1 atom stereocenters. The SMILES string of the molecule is CCc1nc2c(N)ncc(-c3ccc(N4CCC(N5CCN(C)CC5)CC4)c(OC)c3)c2nc1NC1CCCNC1. The second-order valence-electron chi connectivity index (χ2n) is 11.8. The van der Waals surface area contributed by atoms with E-state index in [1.165, 1.54) is 39.0 Å². The van der Waals surface area contributed by atoms with Gasteiger partial charge in [0.05, 0.1) is 18.5 Å². The normalized spacial score (nSPS) is 21.3. The van der Waals surface area contributed by atoms with Crippen molar-refractivity contribution in [2.45, 2.75) is 51.1 Å². The highest BCUT2D eigenvalue weighted by Crippen LogP contribution is 2.38. The van der Waals surface area contributed by atoms with Gasteiger partial charge in [0.25, 0.3) is 0 Å². The molecule has 10 heteroatoms. The van der Waals surface area contributed by atoms with Crippen molar-refractivity contribution in [2.75, 3.05) is 82.5 Å². The molecular formula is C31H45N9O. The monoisotopic (exact) mass is 559 g/mol. The van der Waals surface area contributed by atoms with Crippen molar-refractivity contribution in [1.29, 1.82) is 0 Å². The third kappa shape index (κ3) is 5.91. The number of pyridine rings is 1. The summed E-state index contributed by atoms with van der Waals surface area (Å²) in [6.45, 7) is 10.9. The van der Waals surface area contributed by atoms with Crippen molar-refractivity contribution in [2.24, 2.45) is 0 Å². The van der Waals surface area contributed by atoms with Crippen LogP contribution in [0.25, 0.3) is 22.2 Å². The number of fused-ring (bicyclic) bond motifs is 1. The zero-order valence-electron chi connectivity index (χ0n) is 24.8. The number of aromatic nitrogens is 3. The van der Waals surface area contributed by atoms with Crippen LogP contribution < -0.4 is 26.0 Å². The standard InChI is InChI=1S/C31H45N9O/c1-4-25-31(35-22-6-5-11-33-19-22)37-28-24(20-34-30(32)29(28)36-25)21-7-8-26(27(18-21)41-3)40-12-9-23(10-13-40)39-16-14-38(2)15-17-39/h7-8,18,20,22-23,33H,4-6,9-17,19H2,1-3H3,(H2,32,34)(H,35,37). The maximum Gasteiger partial charge on any atom is 0.151 e. The van der Waals surface area contributed by atoms with Gasteiger partial charge in [-0.1, -0.05) is 13.0 Å². The number of hydrogen-bond acceptors (Lipinski definition) is 10. The van der Waals surface area contributed by atoms with Crippen LogP contribution in [0, 0.1) is 0 Å². The van der Waals surface area contributed by atoms with Crippen LogP contribution in [-0.2, 0) is 6.42 Å². The van der Waals surface area contributed by atoms with Gasteiger partial charge in [-0.3, -0.25) is 4.90 Å². The Morgan fingerprint density at radius 1 is 1.05 bits per heavy atom. The fourth-order valence-corrected chi connectivity index (χ4v) is 6.60. The van der Waals surface area contributed by atoms with Crippen LogP contribution >= 0.6 is 0 Å². The fraction of sp³-hybridized carbons (Fsp3) is 0.581. The number of nitrogens with two attached hydrogens (primary N) is 1. The van der Waals surface area contributed by atoms with Crippen molar-refractivity contribution < 1.29 is 4.74 Å². The van der Waals surface area contributed by atoms with E-state index in [0.29, 0.717) is 23.4 Å². The topological polar surface area (TPSA) is 108 Å². The first kappa shape index (κ1) is 27.9. The lowest BCUT2D eigenvalue weighted by atomic mass is 10.00. The van der Waals surface area contributed by atoms with E-state index < -0.39 is 0 Å². The summed E-state index contributed by atoms with van der Waals surface area (Å²) in [6.07, 6.45) is 7.23. The van der Waals surface area contributed by atoms with Crippen molar-refractivity contribution in [3.63, 3.8) is 0 Å². The number of nitrogens with zero attached hydrogens (tertiary/aromatic N) is 6. The first-order valence-corrected chi connectivity index (χ1v) is 15.3. The molecule has 6 rings (SSSR count). The van der Waals surface area contributed by atoms with E-state index >= 15 is 0 Å². The minimum absolute atomic E-state index is 0.336.